The van der Waals surface area contributed by atoms with Gasteiger partial charge in [-0.05, 0) is 52.7 Å². The average Bonchev–Trinajstić information content (AvgIpc) is 2.37. The van der Waals surface area contributed by atoms with Gasteiger partial charge in [0.15, 0.2) is 0 Å². The van der Waals surface area contributed by atoms with Crippen molar-refractivity contribution in [3.05, 3.63) is 52.0 Å². The van der Waals surface area contributed by atoms with Gasteiger partial charge >= 0.3 is 0 Å². The van der Waals surface area contributed by atoms with Gasteiger partial charge in [0, 0.05) is 0 Å². The summed E-state index contributed by atoms with van der Waals surface area (Å²) in [6, 6.07) is 5.97. The fraction of sp³-hybridized carbons (Fsp3) is 0.0769. The summed E-state index contributed by atoms with van der Waals surface area (Å²) >= 11 is 2.89. The van der Waals surface area contributed by atoms with Crippen LogP contribution in [0.2, 0.25) is 0 Å². The van der Waals surface area contributed by atoms with Crippen molar-refractivity contribution in [2.75, 3.05) is 10.5 Å². The van der Waals surface area contributed by atoms with Crippen molar-refractivity contribution < 1.29 is 17.2 Å². The Morgan fingerprint density at radius 3 is 2.43 bits per heavy atom. The molecule has 0 saturated carbocycles. The van der Waals surface area contributed by atoms with Crippen LogP contribution < -0.4 is 10.5 Å². The standard InChI is InChI=1S/C13H11BrF2N2O2S/c1-7-2-3-12(10(16)4-7)18-21(19,20)13-5-8(14)9(15)6-11(13)17/h2-6,18H,17H2,1H3. The third-order valence-corrected chi connectivity index (χ3v) is 4.74. The highest BCUT2D eigenvalue weighted by Gasteiger charge is 2.21. The van der Waals surface area contributed by atoms with Crippen LogP contribution in [0.15, 0.2) is 39.7 Å². The first-order chi connectivity index (χ1) is 9.70. The topological polar surface area (TPSA) is 72.2 Å². The largest absolute Gasteiger partial charge is 0.398 e. The summed E-state index contributed by atoms with van der Waals surface area (Å²) in [6.45, 7) is 1.68. The van der Waals surface area contributed by atoms with Crippen molar-refractivity contribution in [1.82, 2.24) is 0 Å². The summed E-state index contributed by atoms with van der Waals surface area (Å²) in [6.07, 6.45) is 0. The second-order valence-corrected chi connectivity index (χ2v) is 6.90. The molecule has 2 rings (SSSR count). The molecule has 2 aromatic carbocycles. The molecular formula is C13H11BrF2N2O2S. The zero-order chi connectivity index (χ0) is 15.8. The molecule has 0 spiro atoms. The molecule has 0 aliphatic carbocycles. The van der Waals surface area contributed by atoms with Crippen LogP contribution in [0.25, 0.3) is 0 Å². The van der Waals surface area contributed by atoms with Gasteiger partial charge in [-0.15, -0.1) is 0 Å². The van der Waals surface area contributed by atoms with E-state index in [1.165, 1.54) is 12.1 Å². The number of aryl methyl sites for hydroxylation is 1. The van der Waals surface area contributed by atoms with Crippen LogP contribution in [0.5, 0.6) is 0 Å². The Morgan fingerprint density at radius 2 is 1.81 bits per heavy atom. The summed E-state index contributed by atoms with van der Waals surface area (Å²) in [7, 11) is -4.13. The van der Waals surface area contributed by atoms with Crippen molar-refractivity contribution in [3.8, 4) is 0 Å². The van der Waals surface area contributed by atoms with Crippen molar-refractivity contribution in [3.63, 3.8) is 0 Å². The van der Waals surface area contributed by atoms with Crippen molar-refractivity contribution in [2.45, 2.75) is 11.8 Å². The van der Waals surface area contributed by atoms with Gasteiger partial charge < -0.3 is 5.73 Å². The van der Waals surface area contributed by atoms with Gasteiger partial charge in [-0.25, -0.2) is 17.2 Å². The van der Waals surface area contributed by atoms with E-state index in [9.17, 15) is 17.2 Å². The maximum absolute atomic E-state index is 13.7. The van der Waals surface area contributed by atoms with E-state index in [1.807, 2.05) is 0 Å². The van der Waals surface area contributed by atoms with E-state index in [2.05, 4.69) is 20.7 Å². The SMILES string of the molecule is Cc1ccc(NS(=O)(=O)c2cc(Br)c(F)cc2N)c(F)c1. The predicted molar refractivity (Wildman–Crippen MR) is 80.5 cm³/mol. The van der Waals surface area contributed by atoms with Gasteiger partial charge in [-0.3, -0.25) is 4.72 Å². The fourth-order valence-corrected chi connectivity index (χ4v) is 3.38. The van der Waals surface area contributed by atoms with E-state index in [1.54, 1.807) is 13.0 Å². The number of nitrogen functional groups attached to an aromatic ring is 1. The van der Waals surface area contributed by atoms with Gasteiger partial charge in [0.2, 0.25) is 0 Å². The molecule has 4 nitrogen and oxygen atoms in total. The molecule has 0 heterocycles. The second kappa shape index (κ2) is 5.61. The number of halogens is 3. The predicted octanol–water partition coefficient (Wildman–Crippen LogP) is 3.42. The van der Waals surface area contributed by atoms with Gasteiger partial charge in [0.25, 0.3) is 10.0 Å². The number of nitrogens with one attached hydrogen (secondary N) is 1. The third kappa shape index (κ3) is 3.33. The molecule has 8 heteroatoms. The quantitative estimate of drug-likeness (QED) is 0.806. The summed E-state index contributed by atoms with van der Waals surface area (Å²) in [5, 5.41) is 0. The minimum absolute atomic E-state index is 0.0542. The number of sulfonamides is 1. The zero-order valence-electron chi connectivity index (χ0n) is 10.8. The number of anilines is 2. The smallest absolute Gasteiger partial charge is 0.264 e. The molecule has 0 aliphatic rings. The van der Waals surface area contributed by atoms with Crippen molar-refractivity contribution in [1.29, 1.82) is 0 Å². The van der Waals surface area contributed by atoms with Crippen molar-refractivity contribution in [2.24, 2.45) is 0 Å². The Labute approximate surface area is 129 Å². The van der Waals surface area contributed by atoms with E-state index >= 15 is 0 Å². The monoisotopic (exact) mass is 376 g/mol. The lowest BCUT2D eigenvalue weighted by atomic mass is 10.2. The molecular weight excluding hydrogens is 366 g/mol. The molecule has 0 aromatic heterocycles. The highest BCUT2D eigenvalue weighted by molar-refractivity contribution is 9.10. The highest BCUT2D eigenvalue weighted by Crippen LogP contribution is 2.28. The molecule has 0 fully saturated rings. The number of rotatable bonds is 3. The van der Waals surface area contributed by atoms with E-state index in [0.717, 1.165) is 12.1 Å². The van der Waals surface area contributed by atoms with Crippen LogP contribution in [0.3, 0.4) is 0 Å². The Balaban J connectivity index is 2.46. The summed E-state index contributed by atoms with van der Waals surface area (Å²) in [4.78, 5) is -0.337. The molecule has 0 bridgehead atoms. The maximum atomic E-state index is 13.7. The normalized spacial score (nSPS) is 11.4. The zero-order valence-corrected chi connectivity index (χ0v) is 13.2. The van der Waals surface area contributed by atoms with Crippen LogP contribution in [0, 0.1) is 18.6 Å². The van der Waals surface area contributed by atoms with Gasteiger partial charge in [0.1, 0.15) is 16.5 Å². The average molecular weight is 377 g/mol. The number of nitrogens with two attached hydrogens (primary N) is 1. The first-order valence-corrected chi connectivity index (χ1v) is 8.02. The number of hydrogen-bond donors (Lipinski definition) is 2. The Hall–Kier alpha value is -1.67. The van der Waals surface area contributed by atoms with E-state index in [4.69, 9.17) is 5.73 Å². The van der Waals surface area contributed by atoms with Crippen LogP contribution >= 0.6 is 15.9 Å². The molecule has 0 amide bonds. The maximum Gasteiger partial charge on any atom is 0.264 e. The first kappa shape index (κ1) is 15.7. The Kier molecular flexibility index (Phi) is 4.20. The highest BCUT2D eigenvalue weighted by atomic mass is 79.9. The molecule has 2 aromatic rings. The number of hydrogen-bond acceptors (Lipinski definition) is 3. The van der Waals surface area contributed by atoms with Crippen LogP contribution in [0.4, 0.5) is 20.2 Å². The van der Waals surface area contributed by atoms with Crippen LogP contribution in [0.1, 0.15) is 5.56 Å². The lowest BCUT2D eigenvalue weighted by molar-refractivity contribution is 0.597. The van der Waals surface area contributed by atoms with Gasteiger partial charge in [0.05, 0.1) is 15.8 Å². The minimum atomic E-state index is -4.13. The van der Waals surface area contributed by atoms with Gasteiger partial charge in [-0.1, -0.05) is 6.07 Å². The number of benzene rings is 2. The summed E-state index contributed by atoms with van der Waals surface area (Å²) in [5.41, 5.74) is 5.70. The minimum Gasteiger partial charge on any atom is -0.398 e. The second-order valence-electron chi connectivity index (χ2n) is 4.39. The molecule has 0 aliphatic heterocycles. The molecule has 0 saturated heterocycles. The lowest BCUT2D eigenvalue weighted by Gasteiger charge is -2.12. The van der Waals surface area contributed by atoms with E-state index < -0.39 is 21.7 Å². The molecule has 21 heavy (non-hydrogen) atoms. The van der Waals surface area contributed by atoms with E-state index in [-0.39, 0.29) is 20.7 Å². The Bertz CT molecular complexity index is 810. The molecule has 112 valence electrons. The lowest BCUT2D eigenvalue weighted by Crippen LogP contribution is -2.16. The van der Waals surface area contributed by atoms with Crippen molar-refractivity contribution >= 4 is 37.3 Å². The fourth-order valence-electron chi connectivity index (χ4n) is 1.68. The van der Waals surface area contributed by atoms with Crippen LogP contribution in [-0.4, -0.2) is 8.42 Å². The Morgan fingerprint density at radius 1 is 1.14 bits per heavy atom. The molecule has 0 atom stereocenters. The molecule has 3 N–H and O–H groups in total. The summed E-state index contributed by atoms with van der Waals surface area (Å²) < 4.78 is 53.5. The third-order valence-electron chi connectivity index (χ3n) is 2.71. The molecule has 0 unspecified atom stereocenters. The summed E-state index contributed by atoms with van der Waals surface area (Å²) in [5.74, 6) is -1.40. The van der Waals surface area contributed by atoms with Crippen LogP contribution in [-0.2, 0) is 10.0 Å². The van der Waals surface area contributed by atoms with Gasteiger partial charge in [-0.2, -0.15) is 0 Å². The van der Waals surface area contributed by atoms with E-state index in [0.29, 0.717) is 5.56 Å². The molecule has 0 radical (unpaired) electrons. The first-order valence-electron chi connectivity index (χ1n) is 5.74.